The number of fused-ring (bicyclic) bond motifs is 8. The summed E-state index contributed by atoms with van der Waals surface area (Å²) in [6, 6.07) is -5.53. The number of carboxylic acid groups (broad SMARTS) is 2. The van der Waals surface area contributed by atoms with Crippen molar-refractivity contribution in [3.63, 3.8) is 0 Å². The molecular formula is C36H50N6O10S2. The number of rotatable bonds is 2. The van der Waals surface area contributed by atoms with Gasteiger partial charge in [0.15, 0.2) is 0 Å². The molecule has 10 atom stereocenters. The highest BCUT2D eigenvalue weighted by Crippen LogP contribution is 2.38. The lowest BCUT2D eigenvalue weighted by molar-refractivity contribution is -0.153. The summed E-state index contributed by atoms with van der Waals surface area (Å²) in [5.41, 5.74) is 0. The van der Waals surface area contributed by atoms with Crippen LogP contribution < -0.4 is 0 Å². The molecule has 7 fully saturated rings. The summed E-state index contributed by atoms with van der Waals surface area (Å²) in [6.45, 7) is 4.95. The minimum Gasteiger partial charge on any atom is -0.480 e. The molecule has 6 amide bonds. The number of carboxylic acids is 2. The van der Waals surface area contributed by atoms with Crippen molar-refractivity contribution in [3.8, 4) is 0 Å². The summed E-state index contributed by atoms with van der Waals surface area (Å²) < 4.78 is 0. The minimum atomic E-state index is -1.16. The molecule has 2 N–H and O–H groups in total. The van der Waals surface area contributed by atoms with Crippen LogP contribution in [-0.2, 0) is 38.4 Å². The molecule has 18 heteroatoms. The van der Waals surface area contributed by atoms with E-state index in [4.69, 9.17) is 0 Å². The van der Waals surface area contributed by atoms with Gasteiger partial charge in [0.05, 0.1) is 10.5 Å². The summed E-state index contributed by atoms with van der Waals surface area (Å²) in [6.07, 6.45) is 4.14. The van der Waals surface area contributed by atoms with E-state index in [-0.39, 0.29) is 60.1 Å². The van der Waals surface area contributed by atoms with Crippen LogP contribution in [0.2, 0.25) is 0 Å². The SMILES string of the molecule is C[C@H]1S[C@H]2C[C@@H](C(=O)O)N(C2)C(=O)[C@@H]2CCCN2C(=O)[C@@H]2CCCN2C(=O)[C@@H](C)S[C@H]2C[C@@H](C(=O)O)N(C2)C(=O)[C@@H]2CCCN2C(=O)[C@@H]2CCCN2C1=O. The van der Waals surface area contributed by atoms with Crippen LogP contribution in [0.15, 0.2) is 0 Å². The van der Waals surface area contributed by atoms with Crippen molar-refractivity contribution in [1.82, 2.24) is 29.4 Å². The average Bonchev–Trinajstić information content (AvgIpc) is 4.00. The first-order valence-electron chi connectivity index (χ1n) is 19.4. The lowest BCUT2D eigenvalue weighted by Gasteiger charge is -2.35. The van der Waals surface area contributed by atoms with Crippen LogP contribution >= 0.6 is 23.5 Å². The maximum absolute atomic E-state index is 14.2. The Morgan fingerprint density at radius 2 is 0.759 bits per heavy atom. The first kappa shape index (κ1) is 38.7. The minimum absolute atomic E-state index is 0.0916. The van der Waals surface area contributed by atoms with Crippen molar-refractivity contribution < 1.29 is 48.6 Å². The summed E-state index contributed by atoms with van der Waals surface area (Å²) in [7, 11) is 0. The van der Waals surface area contributed by atoms with E-state index in [0.29, 0.717) is 77.5 Å². The molecule has 0 aromatic carbocycles. The highest BCUT2D eigenvalue weighted by Gasteiger charge is 2.51. The van der Waals surface area contributed by atoms with Crippen LogP contribution in [0.1, 0.15) is 78.1 Å². The quantitative estimate of drug-likeness (QED) is 0.390. The van der Waals surface area contributed by atoms with E-state index in [1.165, 1.54) is 43.1 Å². The third-order valence-electron chi connectivity index (χ3n) is 12.4. The molecule has 0 spiro atoms. The summed E-state index contributed by atoms with van der Waals surface area (Å²) in [4.78, 5) is 118. The lowest BCUT2D eigenvalue weighted by atomic mass is 10.1. The molecule has 0 radical (unpaired) electrons. The molecule has 7 aliphatic rings. The van der Waals surface area contributed by atoms with Crippen LogP contribution in [0.25, 0.3) is 0 Å². The number of amides is 6. The van der Waals surface area contributed by atoms with E-state index in [2.05, 4.69) is 0 Å². The Morgan fingerprint density at radius 1 is 0.481 bits per heavy atom. The van der Waals surface area contributed by atoms with E-state index in [0.717, 1.165) is 0 Å². The Labute approximate surface area is 322 Å². The maximum Gasteiger partial charge on any atom is 0.326 e. The van der Waals surface area contributed by atoms with Gasteiger partial charge in [0.2, 0.25) is 35.4 Å². The van der Waals surface area contributed by atoms with Gasteiger partial charge < -0.3 is 39.6 Å². The van der Waals surface area contributed by atoms with E-state index < -0.39 is 70.5 Å². The fraction of sp³-hybridized carbons (Fsp3) is 0.778. The fourth-order valence-electron chi connectivity index (χ4n) is 9.82. The molecule has 7 heterocycles. The van der Waals surface area contributed by atoms with Crippen LogP contribution in [0.5, 0.6) is 0 Å². The van der Waals surface area contributed by atoms with Gasteiger partial charge in [-0.25, -0.2) is 9.59 Å². The molecule has 0 aliphatic carbocycles. The zero-order valence-corrected chi connectivity index (χ0v) is 32.4. The second-order valence-electron chi connectivity index (χ2n) is 15.7. The molecule has 0 saturated carbocycles. The fourth-order valence-corrected chi connectivity index (χ4v) is 12.6. The van der Waals surface area contributed by atoms with E-state index >= 15 is 0 Å². The van der Waals surface area contributed by atoms with Crippen molar-refractivity contribution in [1.29, 1.82) is 0 Å². The number of carbonyl (C=O) groups is 8. The van der Waals surface area contributed by atoms with Gasteiger partial charge in [-0.1, -0.05) is 0 Å². The Morgan fingerprint density at radius 3 is 1.06 bits per heavy atom. The van der Waals surface area contributed by atoms with Crippen LogP contribution in [-0.4, -0.2) is 184 Å². The number of carbonyl (C=O) groups excluding carboxylic acids is 6. The van der Waals surface area contributed by atoms with Crippen molar-refractivity contribution >= 4 is 70.9 Å². The highest BCUT2D eigenvalue weighted by molar-refractivity contribution is 8.01. The molecule has 7 aliphatic heterocycles. The van der Waals surface area contributed by atoms with Crippen LogP contribution in [0, 0.1) is 0 Å². The molecule has 0 aromatic rings. The molecular weight excluding hydrogens is 741 g/mol. The third-order valence-corrected chi connectivity index (χ3v) is 15.1. The van der Waals surface area contributed by atoms with Gasteiger partial charge in [-0.3, -0.25) is 28.8 Å². The van der Waals surface area contributed by atoms with Gasteiger partial charge in [-0.05, 0) is 78.1 Å². The average molecular weight is 791 g/mol. The first-order valence-corrected chi connectivity index (χ1v) is 21.2. The molecule has 16 nitrogen and oxygen atoms in total. The van der Waals surface area contributed by atoms with Crippen molar-refractivity contribution in [2.24, 2.45) is 0 Å². The van der Waals surface area contributed by atoms with Gasteiger partial charge in [0, 0.05) is 49.8 Å². The number of hydrogen-bond donors (Lipinski definition) is 2. The van der Waals surface area contributed by atoms with Gasteiger partial charge in [-0.15, -0.1) is 23.5 Å². The zero-order valence-electron chi connectivity index (χ0n) is 30.7. The number of nitrogens with zero attached hydrogens (tertiary/aromatic N) is 6. The summed E-state index contributed by atoms with van der Waals surface area (Å²) >= 11 is 2.56. The van der Waals surface area contributed by atoms with Crippen molar-refractivity contribution in [2.75, 3.05) is 39.3 Å². The Balaban J connectivity index is 1.19. The lowest BCUT2D eigenvalue weighted by Crippen LogP contribution is -2.55. The Kier molecular flexibility index (Phi) is 11.1. The maximum atomic E-state index is 14.2. The number of aliphatic carboxylic acids is 2. The molecule has 0 aromatic heterocycles. The summed E-state index contributed by atoms with van der Waals surface area (Å²) in [5, 5.41) is 18.3. The smallest absolute Gasteiger partial charge is 0.326 e. The van der Waals surface area contributed by atoms with Gasteiger partial charge in [0.25, 0.3) is 0 Å². The van der Waals surface area contributed by atoms with Crippen molar-refractivity contribution in [3.05, 3.63) is 0 Å². The van der Waals surface area contributed by atoms with Crippen molar-refractivity contribution in [2.45, 2.75) is 135 Å². The molecule has 54 heavy (non-hydrogen) atoms. The van der Waals surface area contributed by atoms with Gasteiger partial charge in [0.1, 0.15) is 36.3 Å². The van der Waals surface area contributed by atoms with Gasteiger partial charge >= 0.3 is 11.9 Å². The largest absolute Gasteiger partial charge is 0.480 e. The molecule has 7 rings (SSSR count). The monoisotopic (exact) mass is 790 g/mol. The molecule has 0 unspecified atom stereocenters. The second-order valence-corrected chi connectivity index (χ2v) is 19.0. The van der Waals surface area contributed by atoms with E-state index in [1.54, 1.807) is 23.6 Å². The second kappa shape index (κ2) is 15.5. The number of hydrogen-bond acceptors (Lipinski definition) is 10. The molecule has 4 bridgehead atoms. The van der Waals surface area contributed by atoms with E-state index in [1.807, 2.05) is 0 Å². The highest BCUT2D eigenvalue weighted by atomic mass is 32.2. The predicted molar refractivity (Wildman–Crippen MR) is 196 cm³/mol. The first-order chi connectivity index (χ1) is 25.8. The topological polar surface area (TPSA) is 196 Å². The molecule has 7 saturated heterocycles. The standard InChI is InChI=1S/C36H50N6O10S2/c1-19-29(43)37-11-3-7-23(37)31(45)39-13-5-10-26(39)34(48)42-18-22(16-28(42)36(51)52)54-20(2)30(44)38-12-4-8-24(38)32(46)40-14-6-9-25(40)33(47)41-17-21(53-19)15-27(41)35(49)50/h19-28H,3-18H2,1-2H3,(H,49,50)(H,51,52)/t19-,20-,21+,22+,23+,24+,25+,26+,27+,28+/m1/s1. The Bertz CT molecular complexity index is 1490. The summed E-state index contributed by atoms with van der Waals surface area (Å²) in [5.74, 6) is -4.40. The molecule has 296 valence electrons. The third kappa shape index (κ3) is 7.05. The van der Waals surface area contributed by atoms with Crippen LogP contribution in [0.3, 0.4) is 0 Å². The van der Waals surface area contributed by atoms with Crippen LogP contribution in [0.4, 0.5) is 0 Å². The normalized spacial score (nSPS) is 37.1. The van der Waals surface area contributed by atoms with E-state index in [9.17, 15) is 48.6 Å². The Hall–Kier alpha value is -3.54. The van der Waals surface area contributed by atoms with Gasteiger partial charge in [-0.2, -0.15) is 0 Å². The predicted octanol–water partition coefficient (Wildman–Crippen LogP) is 0.316. The zero-order chi connectivity index (χ0) is 38.6. The number of thioether (sulfide) groups is 2.